The molecule has 1 amide bonds. The highest BCUT2D eigenvalue weighted by molar-refractivity contribution is 5.74. The van der Waals surface area contributed by atoms with Crippen molar-refractivity contribution in [3.63, 3.8) is 0 Å². The lowest BCUT2D eigenvalue weighted by Gasteiger charge is -2.25. The number of hydrogen-bond donors (Lipinski definition) is 5. The molecule has 1 aromatic rings. The number of nitrogens with one attached hydrogen (secondary N) is 1. The summed E-state index contributed by atoms with van der Waals surface area (Å²) < 4.78 is 5.79. The third-order valence-corrected chi connectivity index (χ3v) is 4.45. The van der Waals surface area contributed by atoms with Gasteiger partial charge in [0.1, 0.15) is 30.1 Å². The van der Waals surface area contributed by atoms with Crippen LogP contribution < -0.4 is 4.90 Å². The topological polar surface area (TPSA) is 115 Å². The fourth-order valence-electron chi connectivity index (χ4n) is 2.85. The van der Waals surface area contributed by atoms with Gasteiger partial charge in [-0.3, -0.25) is 4.79 Å². The second kappa shape index (κ2) is 8.22. The Hall–Kier alpha value is -1.55. The van der Waals surface area contributed by atoms with E-state index in [9.17, 15) is 20.1 Å². The smallest absolute Gasteiger partial charge is 0.221 e. The van der Waals surface area contributed by atoms with E-state index in [1.165, 1.54) is 11.8 Å². The van der Waals surface area contributed by atoms with Crippen molar-refractivity contribution < 1.29 is 34.9 Å². The molecule has 1 heterocycles. The van der Waals surface area contributed by atoms with Crippen molar-refractivity contribution in [3.05, 3.63) is 29.8 Å². The molecule has 0 aromatic heterocycles. The maximum absolute atomic E-state index is 11.9. The molecule has 5 N–H and O–H groups in total. The van der Waals surface area contributed by atoms with Crippen LogP contribution in [0.3, 0.4) is 0 Å². The first-order chi connectivity index (χ1) is 11.8. The van der Waals surface area contributed by atoms with Gasteiger partial charge in [0.05, 0.1) is 27.2 Å². The molecule has 1 aliphatic heterocycles. The van der Waals surface area contributed by atoms with E-state index in [0.29, 0.717) is 0 Å². The van der Waals surface area contributed by atoms with Gasteiger partial charge in [-0.2, -0.15) is 0 Å². The van der Waals surface area contributed by atoms with Crippen LogP contribution in [-0.2, 0) is 9.53 Å². The molecular formula is C17H27N2O6+. The second-order valence-electron chi connectivity index (χ2n) is 6.55. The summed E-state index contributed by atoms with van der Waals surface area (Å²) >= 11 is 0. The molecule has 8 heteroatoms. The van der Waals surface area contributed by atoms with Crippen LogP contribution in [0.15, 0.2) is 24.3 Å². The van der Waals surface area contributed by atoms with Crippen molar-refractivity contribution in [2.75, 3.05) is 27.2 Å². The number of nitrogens with zero attached hydrogens (tertiary/aromatic N) is 1. The van der Waals surface area contributed by atoms with Crippen LogP contribution in [0.2, 0.25) is 0 Å². The minimum absolute atomic E-state index is 0.0804. The number of aliphatic hydroxyl groups is 4. The summed E-state index contributed by atoms with van der Waals surface area (Å²) in [6.45, 7) is 0.804. The maximum Gasteiger partial charge on any atom is 0.221 e. The first kappa shape index (κ1) is 19.8. The van der Waals surface area contributed by atoms with Gasteiger partial charge in [0, 0.05) is 12.5 Å². The Labute approximate surface area is 146 Å². The standard InChI is InChI=1S/C17H26N2O6/c1-10(21)19-8-14(16(24)15(23)13(22)9-20)25-17(19)11-4-6-12(7-5-11)18(2)3/h4-7,13-17,20,22-24H,8-9H2,1-3H3/p+1/t13-,14+,15-,16-,17-/m1/s1. The van der Waals surface area contributed by atoms with Crippen LogP contribution in [0, 0.1) is 0 Å². The molecule has 0 radical (unpaired) electrons. The number of ether oxygens (including phenoxy) is 1. The van der Waals surface area contributed by atoms with Gasteiger partial charge in [0.2, 0.25) is 5.91 Å². The molecule has 1 aromatic carbocycles. The third-order valence-electron chi connectivity index (χ3n) is 4.45. The minimum atomic E-state index is -1.57. The second-order valence-corrected chi connectivity index (χ2v) is 6.55. The van der Waals surface area contributed by atoms with E-state index >= 15 is 0 Å². The Morgan fingerprint density at radius 2 is 1.88 bits per heavy atom. The monoisotopic (exact) mass is 355 g/mol. The molecule has 0 unspecified atom stereocenters. The normalized spacial score (nSPS) is 24.4. The zero-order valence-electron chi connectivity index (χ0n) is 14.7. The molecular weight excluding hydrogens is 328 g/mol. The third kappa shape index (κ3) is 4.35. The van der Waals surface area contributed by atoms with E-state index < -0.39 is 37.3 Å². The van der Waals surface area contributed by atoms with E-state index in [2.05, 4.69) is 0 Å². The van der Waals surface area contributed by atoms with Gasteiger partial charge in [-0.05, 0) is 24.3 Å². The Morgan fingerprint density at radius 3 is 2.36 bits per heavy atom. The van der Waals surface area contributed by atoms with Gasteiger partial charge in [0.25, 0.3) is 0 Å². The van der Waals surface area contributed by atoms with Gasteiger partial charge < -0.3 is 35.0 Å². The predicted molar refractivity (Wildman–Crippen MR) is 89.0 cm³/mol. The number of aliphatic hydroxyl groups excluding tert-OH is 4. The van der Waals surface area contributed by atoms with Gasteiger partial charge in [-0.1, -0.05) is 0 Å². The summed E-state index contributed by atoms with van der Waals surface area (Å²) in [6.07, 6.45) is -6.03. The van der Waals surface area contributed by atoms with Crippen LogP contribution in [0.5, 0.6) is 0 Å². The number of hydrogen-bond acceptors (Lipinski definition) is 6. The molecule has 0 aliphatic carbocycles. The van der Waals surface area contributed by atoms with Gasteiger partial charge in [-0.15, -0.1) is 0 Å². The largest absolute Gasteiger partial charge is 0.394 e. The van der Waals surface area contributed by atoms with E-state index in [1.807, 2.05) is 38.4 Å². The number of carbonyl (C=O) groups excluding carboxylic acids is 1. The van der Waals surface area contributed by atoms with E-state index in [-0.39, 0.29) is 12.5 Å². The summed E-state index contributed by atoms with van der Waals surface area (Å²) in [7, 11) is 4.01. The molecule has 1 fully saturated rings. The summed E-state index contributed by atoms with van der Waals surface area (Å²) in [5, 5.41) is 38.5. The molecule has 1 saturated heterocycles. The predicted octanol–water partition coefficient (Wildman–Crippen LogP) is -2.22. The lowest BCUT2D eigenvalue weighted by Crippen LogP contribution is -3.00. The lowest BCUT2D eigenvalue weighted by atomic mass is 10.0. The SMILES string of the molecule is CC(=O)N1C[C@@H]([C@@H](O)[C@H](O)[C@H](O)CO)O[C@@H]1c1ccc([NH+](C)C)cc1. The van der Waals surface area contributed by atoms with Crippen LogP contribution in [0.25, 0.3) is 0 Å². The Bertz CT molecular complexity index is 579. The van der Waals surface area contributed by atoms with Crippen molar-refractivity contribution in [3.8, 4) is 0 Å². The summed E-state index contributed by atoms with van der Waals surface area (Å²) in [5.41, 5.74) is 1.83. The first-order valence-electron chi connectivity index (χ1n) is 8.24. The van der Waals surface area contributed by atoms with Crippen molar-refractivity contribution >= 4 is 11.6 Å². The highest BCUT2D eigenvalue weighted by Gasteiger charge is 2.42. The molecule has 2 rings (SSSR count). The van der Waals surface area contributed by atoms with Crippen LogP contribution in [0.4, 0.5) is 5.69 Å². The average Bonchev–Trinajstić information content (AvgIpc) is 3.05. The molecule has 1 aliphatic rings. The lowest BCUT2D eigenvalue weighted by molar-refractivity contribution is -0.786. The van der Waals surface area contributed by atoms with Crippen molar-refractivity contribution in [1.82, 2.24) is 4.90 Å². The fraction of sp³-hybridized carbons (Fsp3) is 0.588. The number of quaternary nitrogens is 1. The van der Waals surface area contributed by atoms with Crippen molar-refractivity contribution in [2.24, 2.45) is 0 Å². The Kier molecular flexibility index (Phi) is 6.50. The van der Waals surface area contributed by atoms with Crippen molar-refractivity contribution in [1.29, 1.82) is 0 Å². The zero-order chi connectivity index (χ0) is 18.7. The quantitative estimate of drug-likeness (QED) is 0.395. The molecule has 5 atom stereocenters. The van der Waals surface area contributed by atoms with Crippen LogP contribution in [-0.4, -0.2) is 82.9 Å². The molecule has 0 saturated carbocycles. The fourth-order valence-corrected chi connectivity index (χ4v) is 2.85. The van der Waals surface area contributed by atoms with E-state index in [1.54, 1.807) is 0 Å². The first-order valence-corrected chi connectivity index (χ1v) is 8.24. The zero-order valence-corrected chi connectivity index (χ0v) is 14.7. The Morgan fingerprint density at radius 1 is 1.28 bits per heavy atom. The van der Waals surface area contributed by atoms with E-state index in [0.717, 1.165) is 16.2 Å². The maximum atomic E-state index is 11.9. The van der Waals surface area contributed by atoms with Gasteiger partial charge in [-0.25, -0.2) is 0 Å². The summed E-state index contributed by atoms with van der Waals surface area (Å²) in [4.78, 5) is 14.6. The minimum Gasteiger partial charge on any atom is -0.394 e. The highest BCUT2D eigenvalue weighted by atomic mass is 16.5. The number of benzene rings is 1. The van der Waals surface area contributed by atoms with Crippen molar-refractivity contribution in [2.45, 2.75) is 37.6 Å². The molecule has 140 valence electrons. The van der Waals surface area contributed by atoms with Crippen LogP contribution >= 0.6 is 0 Å². The molecule has 0 bridgehead atoms. The summed E-state index contributed by atoms with van der Waals surface area (Å²) in [5.74, 6) is -0.223. The number of rotatable bonds is 6. The molecule has 25 heavy (non-hydrogen) atoms. The molecule has 8 nitrogen and oxygen atoms in total. The number of amides is 1. The van der Waals surface area contributed by atoms with Gasteiger partial charge >= 0.3 is 0 Å². The van der Waals surface area contributed by atoms with Crippen LogP contribution in [0.1, 0.15) is 18.7 Å². The van der Waals surface area contributed by atoms with Gasteiger partial charge in [0.15, 0.2) is 6.23 Å². The Balaban J connectivity index is 2.18. The average molecular weight is 355 g/mol. The highest BCUT2D eigenvalue weighted by Crippen LogP contribution is 2.32. The van der Waals surface area contributed by atoms with E-state index in [4.69, 9.17) is 9.84 Å². The summed E-state index contributed by atoms with van der Waals surface area (Å²) in [6, 6.07) is 7.58. The number of carbonyl (C=O) groups is 1. The molecule has 0 spiro atoms.